The van der Waals surface area contributed by atoms with Crippen molar-refractivity contribution >= 4 is 5.97 Å². The average Bonchev–Trinajstić information content (AvgIpc) is 2.46. The molecule has 1 aliphatic carbocycles. The largest absolute Gasteiger partial charge is 0.480 e. The zero-order valence-corrected chi connectivity index (χ0v) is 11.8. The van der Waals surface area contributed by atoms with Gasteiger partial charge in [0.05, 0.1) is 0 Å². The van der Waals surface area contributed by atoms with E-state index >= 15 is 0 Å². The second kappa shape index (κ2) is 4.82. The van der Waals surface area contributed by atoms with Gasteiger partial charge < -0.3 is 10.4 Å². The summed E-state index contributed by atoms with van der Waals surface area (Å²) in [4.78, 5) is 14.2. The maximum atomic E-state index is 12.0. The molecule has 1 saturated heterocycles. The zero-order chi connectivity index (χ0) is 13.4. The van der Waals surface area contributed by atoms with E-state index in [1.54, 1.807) is 0 Å². The number of carbonyl (C=O) groups is 1. The molecule has 104 valence electrons. The maximum Gasteiger partial charge on any atom is 0.324 e. The van der Waals surface area contributed by atoms with E-state index in [2.05, 4.69) is 31.0 Å². The van der Waals surface area contributed by atoms with Crippen LogP contribution in [0, 0.1) is 11.3 Å². The van der Waals surface area contributed by atoms with Crippen molar-refractivity contribution in [2.45, 2.75) is 45.6 Å². The molecule has 0 bridgehead atoms. The summed E-state index contributed by atoms with van der Waals surface area (Å²) in [6.45, 7) is 10.2. The second-order valence-corrected chi connectivity index (χ2v) is 6.77. The van der Waals surface area contributed by atoms with Gasteiger partial charge in [-0.25, -0.2) is 0 Å². The summed E-state index contributed by atoms with van der Waals surface area (Å²) >= 11 is 0. The fourth-order valence-electron chi connectivity index (χ4n) is 4.06. The molecule has 0 amide bonds. The van der Waals surface area contributed by atoms with Gasteiger partial charge in [-0.3, -0.25) is 9.69 Å². The van der Waals surface area contributed by atoms with Gasteiger partial charge in [0.1, 0.15) is 5.54 Å². The normalized spacial score (nSPS) is 37.4. The van der Waals surface area contributed by atoms with Crippen molar-refractivity contribution < 1.29 is 9.90 Å². The van der Waals surface area contributed by atoms with Crippen LogP contribution in [0.25, 0.3) is 0 Å². The molecule has 1 heterocycles. The Balaban J connectivity index is 2.29. The van der Waals surface area contributed by atoms with Gasteiger partial charge in [-0.15, -0.1) is 0 Å². The van der Waals surface area contributed by atoms with Gasteiger partial charge in [0.25, 0.3) is 0 Å². The van der Waals surface area contributed by atoms with Crippen molar-refractivity contribution in [3.8, 4) is 0 Å². The Kier molecular flexibility index (Phi) is 3.70. The lowest BCUT2D eigenvalue weighted by Crippen LogP contribution is -2.57. The monoisotopic (exact) mass is 254 g/mol. The average molecular weight is 254 g/mol. The van der Waals surface area contributed by atoms with Gasteiger partial charge >= 0.3 is 5.97 Å². The lowest BCUT2D eigenvalue weighted by molar-refractivity contribution is -0.154. The predicted molar refractivity (Wildman–Crippen MR) is 71.6 cm³/mol. The lowest BCUT2D eigenvalue weighted by atomic mass is 9.84. The van der Waals surface area contributed by atoms with E-state index in [1.807, 2.05) is 0 Å². The van der Waals surface area contributed by atoms with Gasteiger partial charge in [-0.1, -0.05) is 20.8 Å². The minimum atomic E-state index is -0.643. The van der Waals surface area contributed by atoms with Crippen LogP contribution >= 0.6 is 0 Å². The number of nitrogens with one attached hydrogen (secondary N) is 1. The van der Waals surface area contributed by atoms with Crippen molar-refractivity contribution in [3.63, 3.8) is 0 Å². The van der Waals surface area contributed by atoms with E-state index in [-0.39, 0.29) is 11.3 Å². The van der Waals surface area contributed by atoms with E-state index in [0.29, 0.717) is 0 Å². The Morgan fingerprint density at radius 3 is 2.61 bits per heavy atom. The smallest absolute Gasteiger partial charge is 0.324 e. The summed E-state index contributed by atoms with van der Waals surface area (Å²) in [5.74, 6) is -0.398. The van der Waals surface area contributed by atoms with Crippen molar-refractivity contribution in [1.29, 1.82) is 0 Å². The Morgan fingerprint density at radius 1 is 1.33 bits per heavy atom. The number of hydrogen-bond acceptors (Lipinski definition) is 3. The topological polar surface area (TPSA) is 52.6 Å². The van der Waals surface area contributed by atoms with Gasteiger partial charge in [-0.2, -0.15) is 0 Å². The fourth-order valence-corrected chi connectivity index (χ4v) is 4.06. The van der Waals surface area contributed by atoms with E-state index in [0.717, 1.165) is 45.4 Å². The molecule has 0 spiro atoms. The quantitative estimate of drug-likeness (QED) is 0.785. The van der Waals surface area contributed by atoms with Gasteiger partial charge in [-0.05, 0) is 37.1 Å². The van der Waals surface area contributed by atoms with Crippen molar-refractivity contribution in [3.05, 3.63) is 0 Å². The summed E-state index contributed by atoms with van der Waals surface area (Å²) in [5.41, 5.74) is -0.507. The molecule has 2 fully saturated rings. The summed E-state index contributed by atoms with van der Waals surface area (Å²) in [6.07, 6.45) is 2.82. The highest BCUT2D eigenvalue weighted by Gasteiger charge is 2.56. The molecule has 0 aromatic carbocycles. The molecule has 4 nitrogen and oxygen atoms in total. The Morgan fingerprint density at radius 2 is 2.06 bits per heavy atom. The van der Waals surface area contributed by atoms with Crippen molar-refractivity contribution in [2.75, 3.05) is 26.2 Å². The highest BCUT2D eigenvalue weighted by atomic mass is 16.4. The molecule has 1 aliphatic heterocycles. The standard InChI is InChI=1S/C14H26N2O2/c1-11-9-13(2,3)10-14(11,12(17)18)16-7-4-5-15-6-8-16/h11,15H,4-10H2,1-3H3,(H,17,18). The van der Waals surface area contributed by atoms with Gasteiger partial charge in [0.15, 0.2) is 0 Å². The Bertz CT molecular complexity index is 322. The fraction of sp³-hybridized carbons (Fsp3) is 0.929. The molecule has 2 N–H and O–H groups in total. The first-order valence-corrected chi connectivity index (χ1v) is 7.08. The summed E-state index contributed by atoms with van der Waals surface area (Å²) < 4.78 is 0. The second-order valence-electron chi connectivity index (χ2n) is 6.77. The first kappa shape index (κ1) is 13.8. The molecule has 0 aromatic heterocycles. The molecular formula is C14H26N2O2. The third-order valence-electron chi connectivity index (χ3n) is 4.70. The van der Waals surface area contributed by atoms with E-state index in [1.165, 1.54) is 0 Å². The first-order valence-electron chi connectivity index (χ1n) is 7.08. The van der Waals surface area contributed by atoms with Crippen LogP contribution in [-0.4, -0.2) is 47.7 Å². The SMILES string of the molecule is CC1CC(C)(C)CC1(C(=O)O)N1CCCNCC1. The number of carboxylic acids is 1. The molecular weight excluding hydrogens is 228 g/mol. The van der Waals surface area contributed by atoms with Gasteiger partial charge in [0, 0.05) is 19.6 Å². The third kappa shape index (κ3) is 2.28. The van der Waals surface area contributed by atoms with Crippen LogP contribution in [0.3, 0.4) is 0 Å². The number of rotatable bonds is 2. The third-order valence-corrected chi connectivity index (χ3v) is 4.70. The summed E-state index contributed by atoms with van der Waals surface area (Å²) in [7, 11) is 0. The molecule has 0 aromatic rings. The molecule has 2 rings (SSSR count). The molecule has 2 aliphatic rings. The van der Waals surface area contributed by atoms with Crippen LogP contribution in [0.1, 0.15) is 40.0 Å². The van der Waals surface area contributed by atoms with E-state index < -0.39 is 11.5 Å². The van der Waals surface area contributed by atoms with Crippen LogP contribution in [0.5, 0.6) is 0 Å². The lowest BCUT2D eigenvalue weighted by Gasteiger charge is -2.41. The minimum absolute atomic E-state index is 0.136. The summed E-state index contributed by atoms with van der Waals surface area (Å²) in [6, 6.07) is 0. The molecule has 0 radical (unpaired) electrons. The predicted octanol–water partition coefficient (Wildman–Crippen LogP) is 1.56. The molecule has 4 heteroatoms. The number of carboxylic acid groups (broad SMARTS) is 1. The molecule has 2 unspecified atom stereocenters. The Labute approximate surface area is 110 Å². The molecule has 2 atom stereocenters. The number of nitrogens with zero attached hydrogens (tertiary/aromatic N) is 1. The van der Waals surface area contributed by atoms with Crippen LogP contribution in [-0.2, 0) is 4.79 Å². The van der Waals surface area contributed by atoms with Crippen molar-refractivity contribution in [2.24, 2.45) is 11.3 Å². The van der Waals surface area contributed by atoms with Crippen LogP contribution in [0.2, 0.25) is 0 Å². The zero-order valence-electron chi connectivity index (χ0n) is 11.8. The highest BCUT2D eigenvalue weighted by molar-refractivity contribution is 5.80. The highest BCUT2D eigenvalue weighted by Crippen LogP contribution is 2.50. The van der Waals surface area contributed by atoms with Crippen LogP contribution in [0.4, 0.5) is 0 Å². The van der Waals surface area contributed by atoms with Crippen molar-refractivity contribution in [1.82, 2.24) is 10.2 Å². The first-order chi connectivity index (χ1) is 8.38. The Hall–Kier alpha value is -0.610. The maximum absolute atomic E-state index is 12.0. The molecule has 1 saturated carbocycles. The minimum Gasteiger partial charge on any atom is -0.480 e. The number of aliphatic carboxylic acids is 1. The summed E-state index contributed by atoms with van der Waals surface area (Å²) in [5, 5.41) is 13.2. The molecule has 18 heavy (non-hydrogen) atoms. The van der Waals surface area contributed by atoms with E-state index in [9.17, 15) is 9.90 Å². The van der Waals surface area contributed by atoms with Gasteiger partial charge in [0.2, 0.25) is 0 Å². The number of hydrogen-bond donors (Lipinski definition) is 2. The van der Waals surface area contributed by atoms with E-state index in [4.69, 9.17) is 0 Å². The van der Waals surface area contributed by atoms with Crippen LogP contribution < -0.4 is 5.32 Å². The van der Waals surface area contributed by atoms with Crippen LogP contribution in [0.15, 0.2) is 0 Å².